The van der Waals surface area contributed by atoms with Crippen molar-refractivity contribution in [2.45, 2.75) is 39.8 Å². The van der Waals surface area contributed by atoms with E-state index < -0.39 is 0 Å². The van der Waals surface area contributed by atoms with Gasteiger partial charge in [0.25, 0.3) is 0 Å². The van der Waals surface area contributed by atoms with Gasteiger partial charge in [-0.2, -0.15) is 0 Å². The maximum absolute atomic E-state index is 5.09. The van der Waals surface area contributed by atoms with E-state index in [0.29, 0.717) is 6.54 Å². The van der Waals surface area contributed by atoms with Crippen molar-refractivity contribution >= 4 is 5.96 Å². The molecule has 16 heavy (non-hydrogen) atoms. The van der Waals surface area contributed by atoms with Crippen LogP contribution in [0.1, 0.15) is 32.2 Å². The molecule has 0 unspecified atom stereocenters. The summed E-state index contributed by atoms with van der Waals surface area (Å²) >= 11 is 0. The van der Waals surface area contributed by atoms with Crippen molar-refractivity contribution in [3.8, 4) is 0 Å². The Bertz CT molecular complexity index is 362. The second-order valence-corrected chi connectivity index (χ2v) is 4.74. The van der Waals surface area contributed by atoms with Crippen LogP contribution in [0.3, 0.4) is 0 Å². The molecule has 5 nitrogen and oxygen atoms in total. The fraction of sp³-hybridized carbons (Fsp3) is 0.636. The van der Waals surface area contributed by atoms with Gasteiger partial charge in [0, 0.05) is 18.7 Å². The van der Waals surface area contributed by atoms with Gasteiger partial charge in [-0.15, -0.1) is 0 Å². The summed E-state index contributed by atoms with van der Waals surface area (Å²) in [5, 5.41) is 10.2. The number of guanidine groups is 1. The zero-order valence-electron chi connectivity index (χ0n) is 10.6. The van der Waals surface area contributed by atoms with E-state index in [9.17, 15) is 0 Å². The molecule has 0 amide bonds. The lowest BCUT2D eigenvalue weighted by Gasteiger charge is -2.23. The molecular formula is C11H20N4O. The van der Waals surface area contributed by atoms with E-state index in [1.807, 2.05) is 13.0 Å². The van der Waals surface area contributed by atoms with Gasteiger partial charge in [-0.25, -0.2) is 0 Å². The van der Waals surface area contributed by atoms with Crippen molar-refractivity contribution in [3.63, 3.8) is 0 Å². The molecule has 1 heterocycles. The molecule has 0 fully saturated rings. The van der Waals surface area contributed by atoms with Crippen LogP contribution >= 0.6 is 0 Å². The molecule has 0 spiro atoms. The highest BCUT2D eigenvalue weighted by Crippen LogP contribution is 2.02. The molecule has 1 aromatic rings. The fourth-order valence-corrected chi connectivity index (χ4v) is 1.20. The van der Waals surface area contributed by atoms with E-state index in [0.717, 1.165) is 17.4 Å². The lowest BCUT2D eigenvalue weighted by molar-refractivity contribution is 0.375. The lowest BCUT2D eigenvalue weighted by atomic mass is 10.1. The van der Waals surface area contributed by atoms with Crippen molar-refractivity contribution in [2.75, 3.05) is 7.05 Å². The van der Waals surface area contributed by atoms with Gasteiger partial charge in [-0.1, -0.05) is 5.16 Å². The number of hydrogen-bond acceptors (Lipinski definition) is 3. The molecule has 5 heteroatoms. The van der Waals surface area contributed by atoms with E-state index in [4.69, 9.17) is 4.52 Å². The summed E-state index contributed by atoms with van der Waals surface area (Å²) in [5.74, 6) is 1.55. The zero-order valence-corrected chi connectivity index (χ0v) is 10.6. The first-order chi connectivity index (χ1) is 7.40. The summed E-state index contributed by atoms with van der Waals surface area (Å²) in [6.45, 7) is 8.72. The summed E-state index contributed by atoms with van der Waals surface area (Å²) < 4.78 is 5.09. The van der Waals surface area contributed by atoms with Crippen molar-refractivity contribution in [1.29, 1.82) is 0 Å². The van der Waals surface area contributed by atoms with E-state index in [-0.39, 0.29) is 5.54 Å². The first kappa shape index (κ1) is 12.5. The highest BCUT2D eigenvalue weighted by atomic mass is 16.5. The van der Waals surface area contributed by atoms with E-state index in [1.165, 1.54) is 0 Å². The molecule has 0 aliphatic carbocycles. The van der Waals surface area contributed by atoms with Crippen LogP contribution in [0, 0.1) is 6.92 Å². The average molecular weight is 224 g/mol. The molecule has 0 radical (unpaired) electrons. The summed E-state index contributed by atoms with van der Waals surface area (Å²) in [6, 6.07) is 1.90. The van der Waals surface area contributed by atoms with Gasteiger partial charge in [0.1, 0.15) is 0 Å². The fourth-order valence-electron chi connectivity index (χ4n) is 1.20. The van der Waals surface area contributed by atoms with Crippen molar-refractivity contribution in [2.24, 2.45) is 4.99 Å². The minimum atomic E-state index is -0.0147. The van der Waals surface area contributed by atoms with Gasteiger partial charge in [0.05, 0.1) is 12.2 Å². The maximum atomic E-state index is 5.09. The van der Waals surface area contributed by atoms with E-state index in [1.54, 1.807) is 7.05 Å². The summed E-state index contributed by atoms with van der Waals surface area (Å²) in [6.07, 6.45) is 0. The Labute approximate surface area is 96.3 Å². The Morgan fingerprint density at radius 3 is 2.62 bits per heavy atom. The number of aromatic nitrogens is 1. The second-order valence-electron chi connectivity index (χ2n) is 4.74. The van der Waals surface area contributed by atoms with Gasteiger partial charge in [0.2, 0.25) is 0 Å². The molecule has 0 saturated carbocycles. The van der Waals surface area contributed by atoms with Gasteiger partial charge in [0.15, 0.2) is 11.7 Å². The summed E-state index contributed by atoms with van der Waals surface area (Å²) in [7, 11) is 1.74. The second kappa shape index (κ2) is 5.01. The third kappa shape index (κ3) is 4.33. The molecule has 1 rings (SSSR count). The molecule has 0 aromatic carbocycles. The van der Waals surface area contributed by atoms with Gasteiger partial charge >= 0.3 is 0 Å². The Morgan fingerprint density at radius 1 is 1.50 bits per heavy atom. The van der Waals surface area contributed by atoms with Crippen LogP contribution in [0.15, 0.2) is 15.6 Å². The molecule has 1 aromatic heterocycles. The Balaban J connectivity index is 2.47. The molecule has 0 saturated heterocycles. The molecule has 0 bridgehead atoms. The van der Waals surface area contributed by atoms with E-state index in [2.05, 4.69) is 41.6 Å². The third-order valence-electron chi connectivity index (χ3n) is 1.82. The molecule has 90 valence electrons. The standard InChI is InChI=1S/C11H20N4O/c1-8-6-9(16-15-8)7-13-10(12-5)14-11(2,3)4/h6H,7H2,1-5H3,(H2,12,13,14). The minimum Gasteiger partial charge on any atom is -0.359 e. The van der Waals surface area contributed by atoms with Crippen LogP contribution in [0.5, 0.6) is 0 Å². The van der Waals surface area contributed by atoms with Gasteiger partial charge < -0.3 is 15.2 Å². The predicted molar refractivity (Wildman–Crippen MR) is 64.3 cm³/mol. The number of hydrogen-bond donors (Lipinski definition) is 2. The Hall–Kier alpha value is -1.52. The van der Waals surface area contributed by atoms with Gasteiger partial charge in [-0.05, 0) is 27.7 Å². The summed E-state index contributed by atoms with van der Waals surface area (Å²) in [5.41, 5.74) is 0.870. The smallest absolute Gasteiger partial charge is 0.191 e. The number of nitrogens with zero attached hydrogens (tertiary/aromatic N) is 2. The van der Waals surface area contributed by atoms with Crippen molar-refractivity contribution in [1.82, 2.24) is 15.8 Å². The average Bonchev–Trinajstić information content (AvgIpc) is 2.57. The highest BCUT2D eigenvalue weighted by Gasteiger charge is 2.11. The largest absolute Gasteiger partial charge is 0.359 e. The summed E-state index contributed by atoms with van der Waals surface area (Å²) in [4.78, 5) is 4.13. The normalized spacial score (nSPS) is 12.7. The lowest BCUT2D eigenvalue weighted by Crippen LogP contribution is -2.47. The number of aliphatic imine (C=N–C) groups is 1. The first-order valence-electron chi connectivity index (χ1n) is 5.32. The predicted octanol–water partition coefficient (Wildman–Crippen LogP) is 1.45. The molecule has 0 aliphatic rings. The van der Waals surface area contributed by atoms with Crippen LogP contribution in [0.25, 0.3) is 0 Å². The van der Waals surface area contributed by atoms with E-state index >= 15 is 0 Å². The van der Waals surface area contributed by atoms with Crippen LogP contribution in [-0.2, 0) is 6.54 Å². The van der Waals surface area contributed by atoms with Crippen LogP contribution in [-0.4, -0.2) is 23.7 Å². The number of aryl methyl sites for hydroxylation is 1. The number of rotatable bonds is 2. The van der Waals surface area contributed by atoms with Crippen molar-refractivity contribution < 1.29 is 4.52 Å². The Morgan fingerprint density at radius 2 is 2.19 bits per heavy atom. The topological polar surface area (TPSA) is 62.5 Å². The van der Waals surface area contributed by atoms with Crippen molar-refractivity contribution in [3.05, 3.63) is 17.5 Å². The molecular weight excluding hydrogens is 204 g/mol. The SMILES string of the molecule is CN=C(NCc1cc(C)no1)NC(C)(C)C. The Kier molecular flexibility index (Phi) is 3.93. The van der Waals surface area contributed by atoms with Crippen LogP contribution in [0.2, 0.25) is 0 Å². The van der Waals surface area contributed by atoms with Crippen LogP contribution < -0.4 is 10.6 Å². The number of nitrogens with one attached hydrogen (secondary N) is 2. The first-order valence-corrected chi connectivity index (χ1v) is 5.32. The van der Waals surface area contributed by atoms with Crippen LogP contribution in [0.4, 0.5) is 0 Å². The van der Waals surface area contributed by atoms with Gasteiger partial charge in [-0.3, -0.25) is 4.99 Å². The third-order valence-corrected chi connectivity index (χ3v) is 1.82. The molecule has 0 atom stereocenters. The minimum absolute atomic E-state index is 0.0147. The molecule has 0 aliphatic heterocycles. The maximum Gasteiger partial charge on any atom is 0.191 e. The monoisotopic (exact) mass is 224 g/mol. The zero-order chi connectivity index (χ0) is 12.2. The quantitative estimate of drug-likeness (QED) is 0.589. The highest BCUT2D eigenvalue weighted by molar-refractivity contribution is 5.80. The molecule has 2 N–H and O–H groups in total.